The molecule has 0 unspecified atom stereocenters. The summed E-state index contributed by atoms with van der Waals surface area (Å²) < 4.78 is 27.2. The minimum atomic E-state index is -0.615. The molecule has 2 rings (SSSR count). The first kappa shape index (κ1) is 9.98. The first-order chi connectivity index (χ1) is 6.59. The highest BCUT2D eigenvalue weighted by Crippen LogP contribution is 2.30. The van der Waals surface area contributed by atoms with Crippen LogP contribution in [0.3, 0.4) is 0 Å². The molecule has 72 valence electrons. The molecule has 0 aliphatic carbocycles. The van der Waals surface area contributed by atoms with E-state index in [-0.39, 0.29) is 0 Å². The lowest BCUT2D eigenvalue weighted by molar-refractivity contribution is 0.591. The average molecular weight is 323 g/mol. The Labute approximate surface area is 95.4 Å². The van der Waals surface area contributed by atoms with Crippen molar-refractivity contribution in [3.63, 3.8) is 0 Å². The van der Waals surface area contributed by atoms with Crippen LogP contribution in [0.4, 0.5) is 8.78 Å². The highest BCUT2D eigenvalue weighted by atomic mass is 79.9. The number of hydrogen-bond donors (Lipinski definition) is 0. The van der Waals surface area contributed by atoms with Gasteiger partial charge in [-0.25, -0.2) is 13.8 Å². The van der Waals surface area contributed by atoms with Crippen LogP contribution in [0.1, 0.15) is 0 Å². The standard InChI is InChI=1S/C9H3Br2F2N/c10-6-3-14-9(11)5-1-4(12)2-7(13)8(5)6/h1-3H. The van der Waals surface area contributed by atoms with E-state index in [4.69, 9.17) is 0 Å². The van der Waals surface area contributed by atoms with Gasteiger partial charge >= 0.3 is 0 Å². The second-order valence-corrected chi connectivity index (χ2v) is 4.31. The van der Waals surface area contributed by atoms with E-state index in [0.717, 1.165) is 6.07 Å². The summed E-state index contributed by atoms with van der Waals surface area (Å²) in [7, 11) is 0. The Morgan fingerprint density at radius 2 is 1.86 bits per heavy atom. The highest BCUT2D eigenvalue weighted by Gasteiger charge is 2.10. The van der Waals surface area contributed by atoms with Crippen LogP contribution in [0.15, 0.2) is 27.4 Å². The Kier molecular flexibility index (Phi) is 2.53. The fourth-order valence-electron chi connectivity index (χ4n) is 1.23. The largest absolute Gasteiger partial charge is 0.248 e. The minimum absolute atomic E-state index is 0.327. The molecule has 0 aliphatic heterocycles. The van der Waals surface area contributed by atoms with Gasteiger partial charge in [0.2, 0.25) is 0 Å². The number of nitrogens with zero attached hydrogens (tertiary/aromatic N) is 1. The average Bonchev–Trinajstić information content (AvgIpc) is 2.10. The van der Waals surface area contributed by atoms with Crippen molar-refractivity contribution in [2.45, 2.75) is 0 Å². The second kappa shape index (κ2) is 3.55. The molecule has 0 amide bonds. The minimum Gasteiger partial charge on any atom is -0.248 e. The fraction of sp³-hybridized carbons (Fsp3) is 0. The predicted octanol–water partition coefficient (Wildman–Crippen LogP) is 4.04. The Morgan fingerprint density at radius 3 is 2.57 bits per heavy atom. The van der Waals surface area contributed by atoms with E-state index in [2.05, 4.69) is 36.8 Å². The van der Waals surface area contributed by atoms with Crippen LogP contribution in [0.2, 0.25) is 0 Å². The van der Waals surface area contributed by atoms with Crippen molar-refractivity contribution in [2.75, 3.05) is 0 Å². The molecule has 0 radical (unpaired) electrons. The van der Waals surface area contributed by atoms with Crippen LogP contribution < -0.4 is 0 Å². The van der Waals surface area contributed by atoms with Gasteiger partial charge in [0.15, 0.2) is 0 Å². The lowest BCUT2D eigenvalue weighted by atomic mass is 10.1. The Balaban J connectivity index is 3.00. The highest BCUT2D eigenvalue weighted by molar-refractivity contribution is 9.11. The van der Waals surface area contributed by atoms with Crippen molar-refractivity contribution in [1.82, 2.24) is 4.98 Å². The van der Waals surface area contributed by atoms with Gasteiger partial charge in [0.25, 0.3) is 0 Å². The maximum absolute atomic E-state index is 13.4. The molecule has 0 aliphatic rings. The third-order valence-electron chi connectivity index (χ3n) is 1.81. The van der Waals surface area contributed by atoms with Gasteiger partial charge in [0.05, 0.1) is 0 Å². The number of benzene rings is 1. The first-order valence-corrected chi connectivity index (χ1v) is 5.27. The van der Waals surface area contributed by atoms with Gasteiger partial charge in [-0.05, 0) is 37.9 Å². The Hall–Kier alpha value is -0.550. The van der Waals surface area contributed by atoms with Gasteiger partial charge in [-0.2, -0.15) is 0 Å². The summed E-state index contributed by atoms with van der Waals surface area (Å²) >= 11 is 6.29. The van der Waals surface area contributed by atoms with Crippen LogP contribution in [0, 0.1) is 11.6 Å². The molecule has 0 atom stereocenters. The maximum Gasteiger partial charge on any atom is 0.135 e. The molecule has 1 aromatic carbocycles. The summed E-state index contributed by atoms with van der Waals surface area (Å²) in [5.41, 5.74) is 0. The SMILES string of the molecule is Fc1cc(F)c2c(Br)cnc(Br)c2c1. The van der Waals surface area contributed by atoms with Gasteiger partial charge in [-0.3, -0.25) is 0 Å². The van der Waals surface area contributed by atoms with Crippen LogP contribution in [0.5, 0.6) is 0 Å². The van der Waals surface area contributed by atoms with Crippen LogP contribution in [-0.2, 0) is 0 Å². The predicted molar refractivity (Wildman–Crippen MR) is 57.1 cm³/mol. The third-order valence-corrected chi connectivity index (χ3v) is 3.04. The van der Waals surface area contributed by atoms with Crippen LogP contribution >= 0.6 is 31.9 Å². The zero-order chi connectivity index (χ0) is 10.3. The van der Waals surface area contributed by atoms with Crippen LogP contribution in [-0.4, -0.2) is 4.98 Å². The molecule has 0 N–H and O–H groups in total. The molecule has 1 heterocycles. The topological polar surface area (TPSA) is 12.9 Å². The monoisotopic (exact) mass is 321 g/mol. The zero-order valence-electron chi connectivity index (χ0n) is 6.69. The lowest BCUT2D eigenvalue weighted by Gasteiger charge is -2.03. The summed E-state index contributed by atoms with van der Waals surface area (Å²) in [5, 5.41) is 0.741. The van der Waals surface area contributed by atoms with Gasteiger partial charge < -0.3 is 0 Å². The molecule has 0 bridgehead atoms. The van der Waals surface area contributed by atoms with E-state index in [9.17, 15) is 8.78 Å². The summed E-state index contributed by atoms with van der Waals surface area (Å²) in [5.74, 6) is -1.22. The van der Waals surface area contributed by atoms with Crippen molar-refractivity contribution in [3.8, 4) is 0 Å². The van der Waals surface area contributed by atoms with E-state index < -0.39 is 11.6 Å². The zero-order valence-corrected chi connectivity index (χ0v) is 9.86. The molecule has 14 heavy (non-hydrogen) atoms. The molecule has 0 saturated heterocycles. The first-order valence-electron chi connectivity index (χ1n) is 3.68. The molecule has 1 nitrogen and oxygen atoms in total. The molecule has 1 aromatic heterocycles. The van der Waals surface area contributed by atoms with E-state index in [1.807, 2.05) is 0 Å². The van der Waals surface area contributed by atoms with Crippen LogP contribution in [0.25, 0.3) is 10.8 Å². The number of fused-ring (bicyclic) bond motifs is 1. The maximum atomic E-state index is 13.4. The van der Waals surface area contributed by atoms with E-state index >= 15 is 0 Å². The molecular formula is C9H3Br2F2N. The fourth-order valence-corrected chi connectivity index (χ4v) is 2.15. The smallest absolute Gasteiger partial charge is 0.135 e. The van der Waals surface area contributed by atoms with Gasteiger partial charge in [-0.1, -0.05) is 0 Å². The molecule has 5 heteroatoms. The molecule has 0 spiro atoms. The third kappa shape index (κ3) is 1.54. The van der Waals surface area contributed by atoms with Crippen molar-refractivity contribution in [1.29, 1.82) is 0 Å². The molecule has 0 fully saturated rings. The van der Waals surface area contributed by atoms with Crippen molar-refractivity contribution < 1.29 is 8.78 Å². The van der Waals surface area contributed by atoms with E-state index in [0.29, 0.717) is 19.8 Å². The Bertz CT molecular complexity index is 514. The number of pyridine rings is 1. The summed E-state index contributed by atoms with van der Waals surface area (Å²) in [6.07, 6.45) is 1.47. The van der Waals surface area contributed by atoms with Gasteiger partial charge in [0, 0.05) is 27.5 Å². The number of rotatable bonds is 0. The Morgan fingerprint density at radius 1 is 1.14 bits per heavy atom. The van der Waals surface area contributed by atoms with E-state index in [1.54, 1.807) is 0 Å². The summed E-state index contributed by atoms with van der Waals surface area (Å²) in [6.45, 7) is 0. The number of hydrogen-bond acceptors (Lipinski definition) is 1. The normalized spacial score (nSPS) is 10.9. The van der Waals surface area contributed by atoms with Gasteiger partial charge in [0.1, 0.15) is 16.2 Å². The van der Waals surface area contributed by atoms with Gasteiger partial charge in [-0.15, -0.1) is 0 Å². The van der Waals surface area contributed by atoms with Crippen molar-refractivity contribution in [3.05, 3.63) is 39.0 Å². The number of aromatic nitrogens is 1. The van der Waals surface area contributed by atoms with Crippen molar-refractivity contribution in [2.24, 2.45) is 0 Å². The molecule has 2 aromatic rings. The molecule has 0 saturated carbocycles. The van der Waals surface area contributed by atoms with Crippen molar-refractivity contribution >= 4 is 42.6 Å². The molecular weight excluding hydrogens is 320 g/mol. The second-order valence-electron chi connectivity index (χ2n) is 2.71. The summed E-state index contributed by atoms with van der Waals surface area (Å²) in [6, 6.07) is 2.08. The quantitative estimate of drug-likeness (QED) is 0.667. The lowest BCUT2D eigenvalue weighted by Crippen LogP contribution is -1.88. The summed E-state index contributed by atoms with van der Waals surface area (Å²) in [4.78, 5) is 3.93. The van der Waals surface area contributed by atoms with E-state index in [1.165, 1.54) is 12.3 Å². The number of halogens is 4.